The number of carbonyl (C=O) groups excluding carboxylic acids is 1. The summed E-state index contributed by atoms with van der Waals surface area (Å²) in [5, 5.41) is 7.63. The van der Waals surface area contributed by atoms with Gasteiger partial charge in [-0.05, 0) is 31.9 Å². The van der Waals surface area contributed by atoms with Crippen LogP contribution in [0.25, 0.3) is 17.2 Å². The van der Waals surface area contributed by atoms with E-state index in [0.717, 1.165) is 33.6 Å². The molecule has 29 heavy (non-hydrogen) atoms. The molecule has 4 aromatic rings. The quantitative estimate of drug-likeness (QED) is 0.570. The van der Waals surface area contributed by atoms with E-state index < -0.39 is 0 Å². The highest BCUT2D eigenvalue weighted by molar-refractivity contribution is 5.79. The number of nitrogens with one attached hydrogen (secondary N) is 1. The number of fused-ring (bicyclic) bond motifs is 1. The highest BCUT2D eigenvalue weighted by Crippen LogP contribution is 2.22. The third-order valence-electron chi connectivity index (χ3n) is 5.10. The third-order valence-corrected chi connectivity index (χ3v) is 5.10. The number of aryl methyl sites for hydroxylation is 3. The molecule has 6 nitrogen and oxygen atoms in total. The summed E-state index contributed by atoms with van der Waals surface area (Å²) in [7, 11) is 0. The lowest BCUT2D eigenvalue weighted by Gasteiger charge is -2.11. The van der Waals surface area contributed by atoms with Crippen LogP contribution < -0.4 is 5.32 Å². The van der Waals surface area contributed by atoms with E-state index in [-0.39, 0.29) is 12.3 Å². The van der Waals surface area contributed by atoms with Gasteiger partial charge in [-0.3, -0.25) is 4.79 Å². The van der Waals surface area contributed by atoms with Gasteiger partial charge in [0.1, 0.15) is 0 Å². The van der Waals surface area contributed by atoms with Crippen molar-refractivity contribution in [3.05, 3.63) is 82.7 Å². The Morgan fingerprint density at radius 3 is 2.45 bits per heavy atom. The van der Waals surface area contributed by atoms with E-state index in [2.05, 4.69) is 20.4 Å². The van der Waals surface area contributed by atoms with Gasteiger partial charge < -0.3 is 5.32 Å². The minimum absolute atomic E-state index is 0.0413. The molecule has 0 unspecified atom stereocenters. The van der Waals surface area contributed by atoms with Crippen LogP contribution in [-0.4, -0.2) is 25.5 Å². The molecular weight excluding hydrogens is 362 g/mol. The van der Waals surface area contributed by atoms with Crippen LogP contribution >= 0.6 is 0 Å². The van der Waals surface area contributed by atoms with Crippen LogP contribution in [0.1, 0.15) is 28.1 Å². The van der Waals surface area contributed by atoms with Crippen molar-refractivity contribution in [3.63, 3.8) is 0 Å². The lowest BCUT2D eigenvalue weighted by molar-refractivity contribution is -0.120. The molecule has 0 spiro atoms. The number of benzene rings is 2. The van der Waals surface area contributed by atoms with Crippen molar-refractivity contribution < 1.29 is 4.79 Å². The zero-order valence-corrected chi connectivity index (χ0v) is 16.8. The van der Waals surface area contributed by atoms with Crippen molar-refractivity contribution in [2.75, 3.05) is 0 Å². The van der Waals surface area contributed by atoms with Crippen molar-refractivity contribution in [2.24, 2.45) is 0 Å². The standard InChI is InChI=1S/C23H23N5O/c1-15-9-7-8-12-19(15)22-26-23-25-16(2)20(17(3)28(23)27-22)13-21(29)24-14-18-10-5-4-6-11-18/h4-12H,13-14H2,1-3H3,(H,24,29). The van der Waals surface area contributed by atoms with E-state index in [1.807, 2.05) is 75.4 Å². The molecule has 146 valence electrons. The van der Waals surface area contributed by atoms with Gasteiger partial charge in [-0.15, -0.1) is 5.10 Å². The Morgan fingerprint density at radius 2 is 1.69 bits per heavy atom. The molecule has 2 heterocycles. The highest BCUT2D eigenvalue weighted by atomic mass is 16.1. The van der Waals surface area contributed by atoms with Gasteiger partial charge in [-0.25, -0.2) is 9.50 Å². The molecule has 1 amide bonds. The second-order valence-corrected chi connectivity index (χ2v) is 7.16. The van der Waals surface area contributed by atoms with Gasteiger partial charge in [0.15, 0.2) is 5.82 Å². The molecule has 6 heteroatoms. The minimum atomic E-state index is -0.0413. The summed E-state index contributed by atoms with van der Waals surface area (Å²) in [6.07, 6.45) is 0.257. The van der Waals surface area contributed by atoms with Crippen molar-refractivity contribution in [3.8, 4) is 11.4 Å². The molecule has 0 aliphatic carbocycles. The molecule has 2 aromatic heterocycles. The van der Waals surface area contributed by atoms with Gasteiger partial charge >= 0.3 is 0 Å². The van der Waals surface area contributed by atoms with E-state index in [4.69, 9.17) is 0 Å². The largest absolute Gasteiger partial charge is 0.352 e. The molecule has 0 aliphatic heterocycles. The highest BCUT2D eigenvalue weighted by Gasteiger charge is 2.17. The summed E-state index contributed by atoms with van der Waals surface area (Å²) in [6, 6.07) is 17.9. The zero-order valence-electron chi connectivity index (χ0n) is 16.8. The van der Waals surface area contributed by atoms with Crippen LogP contribution in [0, 0.1) is 20.8 Å². The lowest BCUT2D eigenvalue weighted by atomic mass is 10.1. The van der Waals surface area contributed by atoms with Crippen molar-refractivity contribution in [2.45, 2.75) is 33.7 Å². The first kappa shape index (κ1) is 18.8. The molecule has 0 radical (unpaired) electrons. The average molecular weight is 385 g/mol. The zero-order chi connectivity index (χ0) is 20.4. The smallest absolute Gasteiger partial charge is 0.253 e. The Morgan fingerprint density at radius 1 is 0.966 bits per heavy atom. The summed E-state index contributed by atoms with van der Waals surface area (Å²) in [5.74, 6) is 1.15. The summed E-state index contributed by atoms with van der Waals surface area (Å²) < 4.78 is 1.73. The molecule has 0 saturated heterocycles. The van der Waals surface area contributed by atoms with Crippen molar-refractivity contribution in [1.29, 1.82) is 0 Å². The van der Waals surface area contributed by atoms with E-state index in [1.54, 1.807) is 4.52 Å². The van der Waals surface area contributed by atoms with Gasteiger partial charge in [0.25, 0.3) is 5.78 Å². The summed E-state index contributed by atoms with van der Waals surface area (Å²) in [5.41, 5.74) is 5.73. The average Bonchev–Trinajstić information content (AvgIpc) is 3.14. The van der Waals surface area contributed by atoms with Gasteiger partial charge in [0, 0.05) is 29.1 Å². The number of hydrogen-bond acceptors (Lipinski definition) is 4. The number of nitrogens with zero attached hydrogens (tertiary/aromatic N) is 4. The first-order valence-corrected chi connectivity index (χ1v) is 9.62. The van der Waals surface area contributed by atoms with E-state index in [1.165, 1.54) is 0 Å². The Labute approximate surface area is 169 Å². The summed E-state index contributed by atoms with van der Waals surface area (Å²) >= 11 is 0. The van der Waals surface area contributed by atoms with Gasteiger partial charge in [0.05, 0.1) is 6.42 Å². The normalized spacial score (nSPS) is 11.0. The fourth-order valence-electron chi connectivity index (χ4n) is 3.42. The van der Waals surface area contributed by atoms with Crippen LogP contribution in [-0.2, 0) is 17.8 Å². The molecule has 0 aliphatic rings. The fraction of sp³-hybridized carbons (Fsp3) is 0.217. The molecule has 0 fully saturated rings. The summed E-state index contributed by atoms with van der Waals surface area (Å²) in [6.45, 7) is 6.41. The van der Waals surface area contributed by atoms with E-state index in [0.29, 0.717) is 18.1 Å². The second-order valence-electron chi connectivity index (χ2n) is 7.16. The molecule has 2 aromatic carbocycles. The maximum atomic E-state index is 12.5. The fourth-order valence-corrected chi connectivity index (χ4v) is 3.42. The molecule has 1 N–H and O–H groups in total. The number of aromatic nitrogens is 4. The molecule has 0 saturated carbocycles. The number of carbonyl (C=O) groups is 1. The molecule has 0 atom stereocenters. The van der Waals surface area contributed by atoms with Gasteiger partial charge in [0.2, 0.25) is 5.91 Å². The van der Waals surface area contributed by atoms with E-state index in [9.17, 15) is 4.79 Å². The van der Waals surface area contributed by atoms with Crippen molar-refractivity contribution in [1.82, 2.24) is 24.9 Å². The number of rotatable bonds is 5. The van der Waals surface area contributed by atoms with Crippen LogP contribution in [0.2, 0.25) is 0 Å². The van der Waals surface area contributed by atoms with Gasteiger partial charge in [-0.1, -0.05) is 54.6 Å². The Balaban J connectivity index is 1.60. The predicted molar refractivity (Wildman–Crippen MR) is 112 cm³/mol. The first-order chi connectivity index (χ1) is 14.0. The molecule has 4 rings (SSSR count). The van der Waals surface area contributed by atoms with Crippen molar-refractivity contribution >= 4 is 11.7 Å². The Bertz CT molecular complexity index is 1180. The second kappa shape index (κ2) is 7.83. The Hall–Kier alpha value is -3.54. The van der Waals surface area contributed by atoms with Crippen LogP contribution in [0.15, 0.2) is 54.6 Å². The van der Waals surface area contributed by atoms with Crippen LogP contribution in [0.3, 0.4) is 0 Å². The van der Waals surface area contributed by atoms with E-state index >= 15 is 0 Å². The van der Waals surface area contributed by atoms with Crippen LogP contribution in [0.5, 0.6) is 0 Å². The predicted octanol–water partition coefficient (Wildman–Crippen LogP) is 3.58. The van der Waals surface area contributed by atoms with Crippen LogP contribution in [0.4, 0.5) is 0 Å². The number of amides is 1. The number of hydrogen-bond donors (Lipinski definition) is 1. The molecule has 0 bridgehead atoms. The lowest BCUT2D eigenvalue weighted by Crippen LogP contribution is -2.25. The minimum Gasteiger partial charge on any atom is -0.352 e. The Kier molecular flexibility index (Phi) is 5.08. The first-order valence-electron chi connectivity index (χ1n) is 9.62. The topological polar surface area (TPSA) is 72.2 Å². The molecular formula is C23H23N5O. The van der Waals surface area contributed by atoms with Gasteiger partial charge in [-0.2, -0.15) is 4.98 Å². The summed E-state index contributed by atoms with van der Waals surface area (Å²) in [4.78, 5) is 21.7. The SMILES string of the molecule is Cc1ccccc1-c1nc2nc(C)c(CC(=O)NCc3ccccc3)c(C)n2n1. The third kappa shape index (κ3) is 3.87. The maximum Gasteiger partial charge on any atom is 0.253 e. The monoisotopic (exact) mass is 385 g/mol. The maximum absolute atomic E-state index is 12.5.